The zero-order chi connectivity index (χ0) is 13.8. The average molecular weight is 260 g/mol. The van der Waals surface area contributed by atoms with E-state index >= 15 is 0 Å². The van der Waals surface area contributed by atoms with Gasteiger partial charge in [0.2, 0.25) is 0 Å². The quantitative estimate of drug-likeness (QED) is 0.770. The summed E-state index contributed by atoms with van der Waals surface area (Å²) >= 11 is 0. The molecule has 0 radical (unpaired) electrons. The number of ether oxygens (including phenoxy) is 2. The maximum atomic E-state index is 12.1. The molecule has 0 aliphatic heterocycles. The summed E-state index contributed by atoms with van der Waals surface area (Å²) in [5.41, 5.74) is 1.34. The zero-order valence-electron chi connectivity index (χ0n) is 11.2. The molecule has 2 aromatic rings. The lowest BCUT2D eigenvalue weighted by Crippen LogP contribution is -2.05. The molecule has 1 heterocycles. The van der Waals surface area contributed by atoms with Crippen LogP contribution in [0.3, 0.4) is 0 Å². The minimum absolute atomic E-state index is 0.000321. The maximum Gasteiger partial charge on any atom is 0.169 e. The Morgan fingerprint density at radius 1 is 1.21 bits per heavy atom. The van der Waals surface area contributed by atoms with Gasteiger partial charge >= 0.3 is 0 Å². The fourth-order valence-electron chi connectivity index (χ4n) is 1.83. The third-order valence-electron chi connectivity index (χ3n) is 2.82. The number of Topliss-reactive ketones (excluding diaryl/α,β-unsaturated/α-hetero) is 1. The van der Waals surface area contributed by atoms with Gasteiger partial charge in [-0.05, 0) is 24.3 Å². The van der Waals surface area contributed by atoms with Gasteiger partial charge < -0.3 is 9.47 Å². The first-order valence-corrected chi connectivity index (χ1v) is 5.88. The molecule has 0 unspecified atom stereocenters. The Bertz CT molecular complexity index is 590. The molecule has 0 fully saturated rings. The van der Waals surface area contributed by atoms with Crippen LogP contribution >= 0.6 is 0 Å². The van der Waals surface area contributed by atoms with Gasteiger partial charge in [0, 0.05) is 18.8 Å². The van der Waals surface area contributed by atoms with Crippen molar-refractivity contribution < 1.29 is 14.3 Å². The summed E-state index contributed by atoms with van der Waals surface area (Å²) in [6.45, 7) is 0. The Morgan fingerprint density at radius 3 is 2.53 bits per heavy atom. The molecule has 0 atom stereocenters. The van der Waals surface area contributed by atoms with Gasteiger partial charge in [-0.25, -0.2) is 0 Å². The summed E-state index contributed by atoms with van der Waals surface area (Å²) < 4.78 is 12.0. The number of carbonyl (C=O) groups is 1. The number of nitrogens with zero attached hydrogens (tertiary/aromatic N) is 2. The summed E-state index contributed by atoms with van der Waals surface area (Å²) in [6.07, 6.45) is 2.09. The smallest absolute Gasteiger partial charge is 0.169 e. The van der Waals surface area contributed by atoms with Crippen molar-refractivity contribution in [3.63, 3.8) is 0 Å². The normalized spacial score (nSPS) is 10.3. The van der Waals surface area contributed by atoms with Crippen LogP contribution in [0.4, 0.5) is 0 Å². The predicted octanol–water partition coefficient (Wildman–Crippen LogP) is 1.86. The van der Waals surface area contributed by atoms with Crippen molar-refractivity contribution >= 4 is 5.78 Å². The molecule has 0 aliphatic carbocycles. The average Bonchev–Trinajstić information content (AvgIpc) is 2.83. The van der Waals surface area contributed by atoms with E-state index in [2.05, 4.69) is 5.10 Å². The van der Waals surface area contributed by atoms with E-state index in [-0.39, 0.29) is 12.2 Å². The zero-order valence-corrected chi connectivity index (χ0v) is 11.2. The third kappa shape index (κ3) is 2.93. The van der Waals surface area contributed by atoms with Crippen LogP contribution in [-0.4, -0.2) is 29.8 Å². The van der Waals surface area contributed by atoms with Crippen LogP contribution in [0.25, 0.3) is 0 Å². The first kappa shape index (κ1) is 13.1. The Kier molecular flexibility index (Phi) is 3.85. The van der Waals surface area contributed by atoms with Crippen LogP contribution in [0, 0.1) is 0 Å². The molecule has 1 aromatic carbocycles. The molecule has 0 saturated heterocycles. The topological polar surface area (TPSA) is 53.4 Å². The van der Waals surface area contributed by atoms with Gasteiger partial charge in [0.25, 0.3) is 0 Å². The molecule has 0 bridgehead atoms. The van der Waals surface area contributed by atoms with Crippen LogP contribution in [0.2, 0.25) is 0 Å². The van der Waals surface area contributed by atoms with Crippen molar-refractivity contribution in [2.75, 3.05) is 14.2 Å². The third-order valence-corrected chi connectivity index (χ3v) is 2.82. The highest BCUT2D eigenvalue weighted by Crippen LogP contribution is 2.27. The Hall–Kier alpha value is -2.30. The summed E-state index contributed by atoms with van der Waals surface area (Å²) in [4.78, 5) is 12.1. The van der Waals surface area contributed by atoms with Crippen LogP contribution in [0.15, 0.2) is 30.5 Å². The summed E-state index contributed by atoms with van der Waals surface area (Å²) in [5.74, 6) is 1.16. The summed E-state index contributed by atoms with van der Waals surface area (Å²) in [6, 6.07) is 6.97. The van der Waals surface area contributed by atoms with Gasteiger partial charge in [-0.3, -0.25) is 9.48 Å². The van der Waals surface area contributed by atoms with Gasteiger partial charge in [-0.15, -0.1) is 0 Å². The highest BCUT2D eigenvalue weighted by molar-refractivity contribution is 5.97. The minimum Gasteiger partial charge on any atom is -0.493 e. The second kappa shape index (κ2) is 5.56. The van der Waals surface area contributed by atoms with Crippen molar-refractivity contribution in [3.05, 3.63) is 41.7 Å². The number of ketones is 1. The van der Waals surface area contributed by atoms with Crippen molar-refractivity contribution in [1.82, 2.24) is 9.78 Å². The molecule has 5 heteroatoms. The van der Waals surface area contributed by atoms with E-state index in [9.17, 15) is 4.79 Å². The number of hydrogen-bond donors (Lipinski definition) is 0. The second-order valence-corrected chi connectivity index (χ2v) is 4.15. The fraction of sp³-hybridized carbons (Fsp3) is 0.286. The molecule has 0 aliphatic rings. The van der Waals surface area contributed by atoms with Crippen LogP contribution in [0.1, 0.15) is 16.1 Å². The Balaban J connectivity index is 2.19. The molecule has 1 aromatic heterocycles. The number of aryl methyl sites for hydroxylation is 1. The highest BCUT2D eigenvalue weighted by Gasteiger charge is 2.12. The lowest BCUT2D eigenvalue weighted by Gasteiger charge is -2.08. The molecular weight excluding hydrogens is 244 g/mol. The summed E-state index contributed by atoms with van der Waals surface area (Å²) in [7, 11) is 4.93. The molecule has 0 spiro atoms. The number of benzene rings is 1. The molecular formula is C14H16N2O3. The standard InChI is InChI=1S/C14H16N2O3/c1-16-7-6-11(15-16)9-12(17)10-4-5-13(18-2)14(8-10)19-3/h4-8H,9H2,1-3H3. The van der Waals surface area contributed by atoms with Gasteiger partial charge in [-0.2, -0.15) is 5.10 Å². The van der Waals surface area contributed by atoms with E-state index in [1.807, 2.05) is 19.3 Å². The van der Waals surface area contributed by atoms with Gasteiger partial charge in [0.05, 0.1) is 26.3 Å². The molecule has 0 N–H and O–H groups in total. The van der Waals surface area contributed by atoms with E-state index < -0.39 is 0 Å². The van der Waals surface area contributed by atoms with E-state index in [1.54, 1.807) is 37.1 Å². The van der Waals surface area contributed by atoms with Gasteiger partial charge in [0.15, 0.2) is 17.3 Å². The number of carbonyl (C=O) groups excluding carboxylic acids is 1. The van der Waals surface area contributed by atoms with Crippen molar-refractivity contribution in [1.29, 1.82) is 0 Å². The predicted molar refractivity (Wildman–Crippen MR) is 70.8 cm³/mol. The van der Waals surface area contributed by atoms with Crippen molar-refractivity contribution in [2.45, 2.75) is 6.42 Å². The minimum atomic E-state index is -0.000321. The summed E-state index contributed by atoms with van der Waals surface area (Å²) in [5, 5.41) is 4.19. The second-order valence-electron chi connectivity index (χ2n) is 4.15. The largest absolute Gasteiger partial charge is 0.493 e. The molecule has 2 rings (SSSR count). The van der Waals surface area contributed by atoms with Crippen molar-refractivity contribution in [2.24, 2.45) is 7.05 Å². The fourth-order valence-corrected chi connectivity index (χ4v) is 1.83. The van der Waals surface area contributed by atoms with Gasteiger partial charge in [-0.1, -0.05) is 0 Å². The van der Waals surface area contributed by atoms with E-state index in [4.69, 9.17) is 9.47 Å². The lowest BCUT2D eigenvalue weighted by atomic mass is 10.1. The monoisotopic (exact) mass is 260 g/mol. The maximum absolute atomic E-state index is 12.1. The van der Waals surface area contributed by atoms with E-state index in [1.165, 1.54) is 0 Å². The molecule has 5 nitrogen and oxygen atoms in total. The van der Waals surface area contributed by atoms with Crippen LogP contribution < -0.4 is 9.47 Å². The number of methoxy groups -OCH3 is 2. The Labute approximate surface area is 111 Å². The van der Waals surface area contributed by atoms with Crippen LogP contribution in [-0.2, 0) is 13.5 Å². The number of rotatable bonds is 5. The highest BCUT2D eigenvalue weighted by atomic mass is 16.5. The number of aromatic nitrogens is 2. The van der Waals surface area contributed by atoms with E-state index in [0.717, 1.165) is 5.69 Å². The first-order chi connectivity index (χ1) is 9.13. The molecule has 0 saturated carbocycles. The molecule has 100 valence electrons. The van der Waals surface area contributed by atoms with Crippen LogP contribution in [0.5, 0.6) is 11.5 Å². The first-order valence-electron chi connectivity index (χ1n) is 5.88. The molecule has 19 heavy (non-hydrogen) atoms. The molecule has 0 amide bonds. The van der Waals surface area contributed by atoms with Gasteiger partial charge in [0.1, 0.15) is 0 Å². The Morgan fingerprint density at radius 2 is 1.95 bits per heavy atom. The lowest BCUT2D eigenvalue weighted by molar-refractivity contribution is 0.0991. The number of hydrogen-bond acceptors (Lipinski definition) is 4. The SMILES string of the molecule is COc1ccc(C(=O)Cc2ccn(C)n2)cc1OC. The van der Waals surface area contributed by atoms with Crippen molar-refractivity contribution in [3.8, 4) is 11.5 Å². The van der Waals surface area contributed by atoms with E-state index in [0.29, 0.717) is 17.1 Å².